The van der Waals surface area contributed by atoms with E-state index in [1.165, 1.54) is 20.5 Å². The van der Waals surface area contributed by atoms with E-state index < -0.39 is 0 Å². The first-order valence-corrected chi connectivity index (χ1v) is 7.67. The lowest BCUT2D eigenvalue weighted by atomic mass is 10.2. The lowest BCUT2D eigenvalue weighted by Crippen LogP contribution is -1.84. The van der Waals surface area contributed by atoms with Gasteiger partial charge in [0.1, 0.15) is 0 Å². The van der Waals surface area contributed by atoms with Crippen LogP contribution < -0.4 is 0 Å². The molecule has 14 heavy (non-hydrogen) atoms. The molecule has 1 heterocycles. The molecule has 4 heteroatoms. The summed E-state index contributed by atoms with van der Waals surface area (Å²) in [5.74, 6) is 0. The lowest BCUT2D eigenvalue weighted by Gasteiger charge is -2.07. The Balaban J connectivity index is 2.79. The topological polar surface area (TPSA) is 0 Å². The molecular formula is C10H8BrClS2. The van der Waals surface area contributed by atoms with Crippen LogP contribution in [0.3, 0.4) is 0 Å². The van der Waals surface area contributed by atoms with E-state index in [9.17, 15) is 0 Å². The fraction of sp³-hybridized carbons (Fsp3) is 0.200. The van der Waals surface area contributed by atoms with E-state index in [1.54, 1.807) is 23.1 Å². The second-order valence-electron chi connectivity index (χ2n) is 2.86. The van der Waals surface area contributed by atoms with Crippen LogP contribution in [0, 0.1) is 0 Å². The smallest absolute Gasteiger partial charge is 0.0722 e. The van der Waals surface area contributed by atoms with Crippen molar-refractivity contribution in [3.05, 3.63) is 28.1 Å². The maximum absolute atomic E-state index is 6.34. The molecule has 0 atom stereocenters. The number of hydrogen-bond acceptors (Lipinski definition) is 2. The zero-order valence-electron chi connectivity index (χ0n) is 7.51. The molecule has 0 saturated heterocycles. The summed E-state index contributed by atoms with van der Waals surface area (Å²) in [4.78, 5) is 1.19. The van der Waals surface area contributed by atoms with Gasteiger partial charge in [0.15, 0.2) is 0 Å². The van der Waals surface area contributed by atoms with Crippen LogP contribution in [0.25, 0.3) is 10.1 Å². The van der Waals surface area contributed by atoms with Gasteiger partial charge in [0.2, 0.25) is 0 Å². The van der Waals surface area contributed by atoms with Crippen molar-refractivity contribution in [1.82, 2.24) is 0 Å². The minimum atomic E-state index is 0.856. The van der Waals surface area contributed by atoms with Gasteiger partial charge >= 0.3 is 0 Å². The Kier molecular flexibility index (Phi) is 3.42. The van der Waals surface area contributed by atoms with Gasteiger partial charge in [-0.15, -0.1) is 23.1 Å². The fourth-order valence-corrected chi connectivity index (χ4v) is 4.21. The summed E-state index contributed by atoms with van der Waals surface area (Å²) in [6, 6.07) is 4.32. The number of thiophene rings is 1. The van der Waals surface area contributed by atoms with Crippen LogP contribution in [0.4, 0.5) is 0 Å². The zero-order chi connectivity index (χ0) is 10.1. The van der Waals surface area contributed by atoms with Crippen molar-refractivity contribution >= 4 is 60.7 Å². The average Bonchev–Trinajstić information content (AvgIpc) is 2.65. The van der Waals surface area contributed by atoms with Crippen molar-refractivity contribution in [3.8, 4) is 0 Å². The molecule has 74 valence electrons. The summed E-state index contributed by atoms with van der Waals surface area (Å²) in [5.41, 5.74) is 1.27. The Morgan fingerprint density at radius 3 is 3.00 bits per heavy atom. The Morgan fingerprint density at radius 2 is 2.36 bits per heavy atom. The molecular weight excluding hydrogens is 300 g/mol. The number of halogens is 2. The molecule has 0 aliphatic heterocycles. The highest BCUT2D eigenvalue weighted by Gasteiger charge is 2.11. The van der Waals surface area contributed by atoms with E-state index in [0.717, 1.165) is 10.4 Å². The summed E-state index contributed by atoms with van der Waals surface area (Å²) in [6.07, 6.45) is 2.06. The highest BCUT2D eigenvalue weighted by atomic mass is 79.9. The highest BCUT2D eigenvalue weighted by Crippen LogP contribution is 2.39. The predicted molar refractivity (Wildman–Crippen MR) is 71.2 cm³/mol. The zero-order valence-corrected chi connectivity index (χ0v) is 11.5. The number of fused-ring (bicyclic) bond motifs is 1. The standard InChI is InChI=1S/C10H8BrClS2/c1-13-9-7(5-11)4-6-2-3-14-10(6)8(9)12/h2-4H,5H2,1H3. The SMILES string of the molecule is CSc1c(CBr)cc2ccsc2c1Cl. The third-order valence-electron chi connectivity index (χ3n) is 2.06. The predicted octanol–water partition coefficient (Wildman–Crippen LogP) is 5.17. The molecule has 0 radical (unpaired) electrons. The molecule has 0 saturated carbocycles. The van der Waals surface area contributed by atoms with E-state index in [4.69, 9.17) is 11.6 Å². The second kappa shape index (κ2) is 4.44. The normalized spacial score (nSPS) is 11.1. The van der Waals surface area contributed by atoms with Gasteiger partial charge < -0.3 is 0 Å². The molecule has 2 rings (SSSR count). The molecule has 0 bridgehead atoms. The third kappa shape index (κ3) is 1.71. The van der Waals surface area contributed by atoms with Gasteiger partial charge in [-0.2, -0.15) is 0 Å². The van der Waals surface area contributed by atoms with E-state index >= 15 is 0 Å². The number of thioether (sulfide) groups is 1. The average molecular weight is 308 g/mol. The summed E-state index contributed by atoms with van der Waals surface area (Å²) in [7, 11) is 0. The van der Waals surface area contributed by atoms with Crippen molar-refractivity contribution in [2.75, 3.05) is 6.26 Å². The minimum Gasteiger partial charge on any atom is -0.142 e. The van der Waals surface area contributed by atoms with Crippen LogP contribution >= 0.6 is 50.6 Å². The monoisotopic (exact) mass is 306 g/mol. The Hall–Kier alpha value is 0.300. The van der Waals surface area contributed by atoms with Crippen LogP contribution in [-0.4, -0.2) is 6.26 Å². The van der Waals surface area contributed by atoms with Crippen LogP contribution in [0.5, 0.6) is 0 Å². The first kappa shape index (κ1) is 10.8. The highest BCUT2D eigenvalue weighted by molar-refractivity contribution is 9.08. The number of hydrogen-bond donors (Lipinski definition) is 0. The molecule has 1 aromatic carbocycles. The molecule has 0 aliphatic rings. The number of benzene rings is 1. The maximum Gasteiger partial charge on any atom is 0.0722 e. The lowest BCUT2D eigenvalue weighted by molar-refractivity contribution is 1.31. The molecule has 0 aliphatic carbocycles. The molecule has 2 aromatic rings. The molecule has 0 amide bonds. The van der Waals surface area contributed by atoms with Gasteiger partial charge in [0.05, 0.1) is 9.72 Å². The molecule has 0 spiro atoms. The van der Waals surface area contributed by atoms with E-state index in [0.29, 0.717) is 0 Å². The van der Waals surface area contributed by atoms with Gasteiger partial charge in [-0.3, -0.25) is 0 Å². The molecule has 0 nitrogen and oxygen atoms in total. The van der Waals surface area contributed by atoms with E-state index in [1.807, 2.05) is 0 Å². The first-order chi connectivity index (χ1) is 6.77. The van der Waals surface area contributed by atoms with Crippen molar-refractivity contribution in [1.29, 1.82) is 0 Å². The van der Waals surface area contributed by atoms with Crippen LogP contribution in [0.2, 0.25) is 5.02 Å². The Bertz CT molecular complexity index is 464. The van der Waals surface area contributed by atoms with Gasteiger partial charge in [-0.1, -0.05) is 27.5 Å². The maximum atomic E-state index is 6.34. The van der Waals surface area contributed by atoms with Gasteiger partial charge in [0, 0.05) is 10.2 Å². The molecule has 0 N–H and O–H groups in total. The van der Waals surface area contributed by atoms with E-state index in [-0.39, 0.29) is 0 Å². The molecule has 1 aromatic heterocycles. The fourth-order valence-electron chi connectivity index (χ4n) is 1.43. The largest absolute Gasteiger partial charge is 0.142 e. The second-order valence-corrected chi connectivity index (χ2v) is 5.53. The van der Waals surface area contributed by atoms with Gasteiger partial charge in [0.25, 0.3) is 0 Å². The van der Waals surface area contributed by atoms with Crippen molar-refractivity contribution in [2.45, 2.75) is 10.2 Å². The van der Waals surface area contributed by atoms with Crippen molar-refractivity contribution < 1.29 is 0 Å². The van der Waals surface area contributed by atoms with Crippen LogP contribution in [-0.2, 0) is 5.33 Å². The number of rotatable bonds is 2. The number of alkyl halides is 1. The quantitative estimate of drug-likeness (QED) is 0.545. The van der Waals surface area contributed by atoms with Gasteiger partial charge in [-0.05, 0) is 34.7 Å². The third-order valence-corrected chi connectivity index (χ3v) is 5.09. The van der Waals surface area contributed by atoms with Gasteiger partial charge in [-0.25, -0.2) is 0 Å². The molecule has 0 fully saturated rings. The first-order valence-electron chi connectivity index (χ1n) is 4.06. The summed E-state index contributed by atoms with van der Waals surface area (Å²) in [5, 5.41) is 5.08. The Labute approximate surface area is 105 Å². The summed E-state index contributed by atoms with van der Waals surface area (Å²) < 4.78 is 1.20. The van der Waals surface area contributed by atoms with E-state index in [2.05, 4.69) is 39.7 Å². The summed E-state index contributed by atoms with van der Waals surface area (Å²) in [6.45, 7) is 0. The van der Waals surface area contributed by atoms with Crippen LogP contribution in [0.1, 0.15) is 5.56 Å². The minimum absolute atomic E-state index is 0.856. The summed E-state index contributed by atoms with van der Waals surface area (Å²) >= 11 is 13.2. The van der Waals surface area contributed by atoms with Crippen molar-refractivity contribution in [3.63, 3.8) is 0 Å². The van der Waals surface area contributed by atoms with Crippen LogP contribution in [0.15, 0.2) is 22.4 Å². The van der Waals surface area contributed by atoms with Crippen molar-refractivity contribution in [2.24, 2.45) is 0 Å². The Morgan fingerprint density at radius 1 is 1.57 bits per heavy atom. The molecule has 0 unspecified atom stereocenters.